The van der Waals surface area contributed by atoms with Crippen molar-refractivity contribution in [2.45, 2.75) is 97.2 Å². The van der Waals surface area contributed by atoms with Crippen molar-refractivity contribution >= 4 is 17.1 Å². The van der Waals surface area contributed by atoms with Gasteiger partial charge in [0, 0.05) is 23.9 Å². The zero-order valence-electron chi connectivity index (χ0n) is 21.1. The number of thiazole rings is 1. The number of Topliss-reactive ketones (excluding diaryl/α,β-unsaturated/α-hetero) is 1. The number of aliphatic hydroxyl groups is 2. The Hall–Kier alpha value is -1.56. The molecule has 4 nitrogen and oxygen atoms in total. The first-order chi connectivity index (χ1) is 16.2. The van der Waals surface area contributed by atoms with E-state index in [1.165, 1.54) is 42.6 Å². The minimum atomic E-state index is -0.631. The van der Waals surface area contributed by atoms with Gasteiger partial charge in [-0.1, -0.05) is 38.2 Å². The summed E-state index contributed by atoms with van der Waals surface area (Å²) < 4.78 is 0. The lowest BCUT2D eigenvalue weighted by molar-refractivity contribution is 0.0859. The maximum absolute atomic E-state index is 12.5. The number of carbonyl (C=O) groups excluding carboxylic acids is 1. The third-order valence-corrected chi connectivity index (χ3v) is 9.91. The molecule has 2 N–H and O–H groups in total. The molecule has 0 bridgehead atoms. The van der Waals surface area contributed by atoms with Gasteiger partial charge in [0.25, 0.3) is 0 Å². The average Bonchev–Trinajstić information content (AvgIpc) is 3.38. The number of aliphatic hydroxyl groups excluding tert-OH is 2. The fraction of sp³-hybridized carbons (Fsp3) is 0.655. The van der Waals surface area contributed by atoms with E-state index in [4.69, 9.17) is 0 Å². The van der Waals surface area contributed by atoms with Gasteiger partial charge >= 0.3 is 0 Å². The van der Waals surface area contributed by atoms with E-state index in [1.54, 1.807) is 0 Å². The first kappa shape index (κ1) is 25.5. The quantitative estimate of drug-likeness (QED) is 0.430. The van der Waals surface area contributed by atoms with Gasteiger partial charge in [-0.3, -0.25) is 4.79 Å². The molecule has 186 valence electrons. The highest BCUT2D eigenvalue weighted by Crippen LogP contribution is 2.60. The van der Waals surface area contributed by atoms with Crippen molar-refractivity contribution in [3.05, 3.63) is 51.5 Å². The van der Waals surface area contributed by atoms with Crippen molar-refractivity contribution in [2.24, 2.45) is 23.2 Å². The normalized spacial score (nSPS) is 35.0. The van der Waals surface area contributed by atoms with Crippen molar-refractivity contribution in [3.63, 3.8) is 0 Å². The van der Waals surface area contributed by atoms with E-state index in [-0.39, 0.29) is 5.78 Å². The van der Waals surface area contributed by atoms with Crippen LogP contribution < -0.4 is 0 Å². The zero-order valence-corrected chi connectivity index (χ0v) is 21.9. The molecule has 3 aliphatic carbocycles. The van der Waals surface area contributed by atoms with Gasteiger partial charge < -0.3 is 10.2 Å². The van der Waals surface area contributed by atoms with Crippen LogP contribution in [0.25, 0.3) is 0 Å². The van der Waals surface area contributed by atoms with Crippen LogP contribution in [0.15, 0.2) is 40.8 Å². The van der Waals surface area contributed by atoms with Gasteiger partial charge in [0.2, 0.25) is 0 Å². The number of hydrogen-bond acceptors (Lipinski definition) is 5. The monoisotopic (exact) mass is 483 g/mol. The van der Waals surface area contributed by atoms with Crippen molar-refractivity contribution in [3.8, 4) is 0 Å². The van der Waals surface area contributed by atoms with E-state index in [1.807, 2.05) is 12.3 Å². The lowest BCUT2D eigenvalue weighted by Gasteiger charge is -2.44. The van der Waals surface area contributed by atoms with Gasteiger partial charge in [-0.05, 0) is 92.6 Å². The second-order valence-electron chi connectivity index (χ2n) is 11.3. The first-order valence-electron chi connectivity index (χ1n) is 13.1. The van der Waals surface area contributed by atoms with E-state index < -0.39 is 12.2 Å². The van der Waals surface area contributed by atoms with Crippen LogP contribution >= 0.6 is 11.3 Å². The Morgan fingerprint density at radius 1 is 1.35 bits per heavy atom. The van der Waals surface area contributed by atoms with E-state index >= 15 is 0 Å². The number of nitrogens with zero attached hydrogens (tertiary/aromatic N) is 1. The molecule has 3 saturated carbocycles. The maximum Gasteiger partial charge on any atom is 0.191 e. The molecular weight excluding hydrogens is 442 g/mol. The summed E-state index contributed by atoms with van der Waals surface area (Å²) in [5, 5.41) is 22.9. The Kier molecular flexibility index (Phi) is 7.95. The number of ketones is 1. The van der Waals surface area contributed by atoms with Crippen LogP contribution in [0.1, 0.15) is 93.6 Å². The Bertz CT molecular complexity index is 976. The van der Waals surface area contributed by atoms with E-state index in [0.717, 1.165) is 36.1 Å². The molecule has 3 fully saturated rings. The van der Waals surface area contributed by atoms with Crippen molar-refractivity contribution < 1.29 is 15.0 Å². The molecule has 4 rings (SSSR count). The highest BCUT2D eigenvalue weighted by molar-refractivity contribution is 7.11. The Labute approximate surface area is 208 Å². The fourth-order valence-corrected chi connectivity index (χ4v) is 7.82. The molecule has 3 aliphatic rings. The SMILES string of the molecule is C=C1/C(=C/C=C2/CCC[C@@]3(C)C2CC[C@@H]3C(C)CCCC(=O)c2nc(C)cs2)C[C@@H](O)C[C@H]1O. The summed E-state index contributed by atoms with van der Waals surface area (Å²) in [4.78, 5) is 16.8. The Balaban J connectivity index is 1.38. The molecule has 0 saturated heterocycles. The Morgan fingerprint density at radius 2 is 2.15 bits per heavy atom. The molecule has 5 heteroatoms. The van der Waals surface area contributed by atoms with Gasteiger partial charge in [-0.15, -0.1) is 11.3 Å². The molecular formula is C29H41NO3S. The number of aryl methyl sites for hydroxylation is 1. The molecule has 1 aromatic rings. The summed E-state index contributed by atoms with van der Waals surface area (Å²) in [6.07, 6.45) is 13.1. The smallest absolute Gasteiger partial charge is 0.191 e. The van der Waals surface area contributed by atoms with Gasteiger partial charge in [0.1, 0.15) is 0 Å². The third-order valence-electron chi connectivity index (χ3n) is 8.91. The van der Waals surface area contributed by atoms with Crippen LogP contribution in [0.3, 0.4) is 0 Å². The second kappa shape index (κ2) is 10.6. The molecule has 2 unspecified atom stereocenters. The van der Waals surface area contributed by atoms with Crippen LogP contribution in [0.5, 0.6) is 0 Å². The molecule has 6 atom stereocenters. The minimum absolute atomic E-state index is 0.191. The molecule has 0 aliphatic heterocycles. The molecule has 0 amide bonds. The largest absolute Gasteiger partial charge is 0.393 e. The van der Waals surface area contributed by atoms with Crippen LogP contribution in [-0.2, 0) is 0 Å². The van der Waals surface area contributed by atoms with Crippen LogP contribution in [0.2, 0.25) is 0 Å². The summed E-state index contributed by atoms with van der Waals surface area (Å²) in [5.74, 6) is 2.11. The van der Waals surface area contributed by atoms with Crippen molar-refractivity contribution in [1.29, 1.82) is 0 Å². The number of aromatic nitrogens is 1. The third kappa shape index (κ3) is 5.32. The standard InChI is InChI=1S/C29H41NO3S/c1-18(7-5-9-26(32)28-30-19(2)17-34-28)24-12-13-25-21(8-6-14-29(24,25)4)10-11-22-15-23(31)16-27(33)20(22)3/h10-11,17-18,23-25,27,31,33H,3,5-9,12-16H2,1-2,4H3/b21-10-,22-11+/t18?,23-,24-,25?,27-,29-/m1/s1. The van der Waals surface area contributed by atoms with Crippen LogP contribution in [0.4, 0.5) is 0 Å². The first-order valence-corrected chi connectivity index (χ1v) is 14.0. The summed E-state index contributed by atoms with van der Waals surface area (Å²) in [6, 6.07) is 0. The van der Waals surface area contributed by atoms with Crippen molar-refractivity contribution in [2.75, 3.05) is 0 Å². The molecule has 34 heavy (non-hydrogen) atoms. The highest BCUT2D eigenvalue weighted by Gasteiger charge is 2.50. The number of rotatable bonds is 7. The summed E-state index contributed by atoms with van der Waals surface area (Å²) in [5.41, 5.74) is 4.55. The number of fused-ring (bicyclic) bond motifs is 1. The predicted molar refractivity (Wildman–Crippen MR) is 139 cm³/mol. The molecule has 1 aromatic heterocycles. The average molecular weight is 484 g/mol. The van der Waals surface area contributed by atoms with E-state index in [9.17, 15) is 15.0 Å². The molecule has 0 spiro atoms. The number of carbonyl (C=O) groups is 1. The minimum Gasteiger partial charge on any atom is -0.393 e. The maximum atomic E-state index is 12.5. The van der Waals surface area contributed by atoms with Crippen LogP contribution in [-0.4, -0.2) is 33.2 Å². The summed E-state index contributed by atoms with van der Waals surface area (Å²) in [7, 11) is 0. The molecule has 0 radical (unpaired) electrons. The van der Waals surface area contributed by atoms with Crippen LogP contribution in [0, 0.1) is 30.1 Å². The van der Waals surface area contributed by atoms with E-state index in [2.05, 4.69) is 37.6 Å². The number of hydrogen-bond donors (Lipinski definition) is 2. The molecule has 0 aromatic carbocycles. The fourth-order valence-electron chi connectivity index (χ4n) is 7.05. The lowest BCUT2D eigenvalue weighted by Crippen LogP contribution is -2.36. The second-order valence-corrected chi connectivity index (χ2v) is 12.1. The van der Waals surface area contributed by atoms with Gasteiger partial charge in [-0.2, -0.15) is 0 Å². The zero-order chi connectivity index (χ0) is 24.5. The molecule has 1 heterocycles. The van der Waals surface area contributed by atoms with Gasteiger partial charge in [-0.25, -0.2) is 4.98 Å². The summed E-state index contributed by atoms with van der Waals surface area (Å²) in [6.45, 7) is 10.9. The highest BCUT2D eigenvalue weighted by atomic mass is 32.1. The predicted octanol–water partition coefficient (Wildman–Crippen LogP) is 6.58. The topological polar surface area (TPSA) is 70.4 Å². The Morgan fingerprint density at radius 3 is 2.88 bits per heavy atom. The van der Waals surface area contributed by atoms with Gasteiger partial charge in [0.15, 0.2) is 10.8 Å². The van der Waals surface area contributed by atoms with E-state index in [0.29, 0.717) is 47.4 Å². The van der Waals surface area contributed by atoms with Gasteiger partial charge in [0.05, 0.1) is 12.2 Å². The van der Waals surface area contributed by atoms with Crippen molar-refractivity contribution in [1.82, 2.24) is 4.98 Å². The lowest BCUT2D eigenvalue weighted by atomic mass is 9.60. The summed E-state index contributed by atoms with van der Waals surface area (Å²) >= 11 is 1.47. The number of allylic oxidation sites excluding steroid dienone is 3.